The zero-order valence-corrected chi connectivity index (χ0v) is 11.7. The molecular formula is C13H23BrN2. The highest BCUT2D eigenvalue weighted by Crippen LogP contribution is 2.47. The number of hydrogen-bond acceptors (Lipinski definition) is 2. The molecule has 0 amide bonds. The Morgan fingerprint density at radius 1 is 1.12 bits per heavy atom. The van der Waals surface area contributed by atoms with Crippen LogP contribution in [0.4, 0.5) is 0 Å². The smallest absolute Gasteiger partial charge is 0.0223 e. The number of alkyl halides is 1. The fraction of sp³-hybridized carbons (Fsp3) is 1.00. The van der Waals surface area contributed by atoms with Crippen LogP contribution in [0.5, 0.6) is 0 Å². The van der Waals surface area contributed by atoms with Gasteiger partial charge in [0.2, 0.25) is 0 Å². The van der Waals surface area contributed by atoms with Gasteiger partial charge in [0.05, 0.1) is 0 Å². The molecule has 1 unspecified atom stereocenters. The third-order valence-corrected chi connectivity index (χ3v) is 5.91. The quantitative estimate of drug-likeness (QED) is 0.735. The standard InChI is InChI=1S/C13H23BrN2/c14-10-13(4-5-13)11-15-7-8-16-6-2-1-3-12(16)9-15/h12H,1-11H2. The minimum absolute atomic E-state index is 0.664. The summed E-state index contributed by atoms with van der Waals surface area (Å²) in [4.78, 5) is 5.47. The molecule has 2 heterocycles. The van der Waals surface area contributed by atoms with E-state index in [9.17, 15) is 0 Å². The van der Waals surface area contributed by atoms with E-state index in [1.165, 1.54) is 70.2 Å². The van der Waals surface area contributed by atoms with Crippen LogP contribution in [0.1, 0.15) is 32.1 Å². The van der Waals surface area contributed by atoms with Crippen LogP contribution >= 0.6 is 15.9 Å². The molecule has 92 valence electrons. The van der Waals surface area contributed by atoms with Crippen LogP contribution in [0.2, 0.25) is 0 Å². The van der Waals surface area contributed by atoms with Gasteiger partial charge in [-0.05, 0) is 37.6 Å². The highest BCUT2D eigenvalue weighted by molar-refractivity contribution is 9.09. The molecule has 2 aliphatic heterocycles. The van der Waals surface area contributed by atoms with E-state index < -0.39 is 0 Å². The molecule has 3 aliphatic rings. The second-order valence-corrected chi connectivity index (χ2v) is 6.62. The molecule has 0 aromatic carbocycles. The largest absolute Gasteiger partial charge is 0.300 e. The summed E-state index contributed by atoms with van der Waals surface area (Å²) in [6.45, 7) is 6.69. The minimum atomic E-state index is 0.664. The Hall–Kier alpha value is 0.400. The lowest BCUT2D eigenvalue weighted by atomic mass is 9.98. The Kier molecular flexibility index (Phi) is 3.29. The predicted octanol–water partition coefficient (Wildman–Crippen LogP) is 2.33. The molecule has 1 atom stereocenters. The molecule has 0 bridgehead atoms. The first kappa shape index (κ1) is 11.5. The summed E-state index contributed by atoms with van der Waals surface area (Å²) < 4.78 is 0. The summed E-state index contributed by atoms with van der Waals surface area (Å²) in [5, 5.41) is 1.21. The van der Waals surface area contributed by atoms with Crippen LogP contribution in [0, 0.1) is 5.41 Å². The fourth-order valence-corrected chi connectivity index (χ4v) is 4.09. The lowest BCUT2D eigenvalue weighted by Gasteiger charge is -2.44. The van der Waals surface area contributed by atoms with Crippen molar-refractivity contribution < 1.29 is 0 Å². The molecule has 2 saturated heterocycles. The molecule has 3 fully saturated rings. The molecule has 0 spiro atoms. The number of rotatable bonds is 3. The highest BCUT2D eigenvalue weighted by atomic mass is 79.9. The van der Waals surface area contributed by atoms with Crippen LogP contribution in [-0.4, -0.2) is 53.9 Å². The molecule has 0 aromatic heterocycles. The number of fused-ring (bicyclic) bond motifs is 1. The van der Waals surface area contributed by atoms with E-state index in [4.69, 9.17) is 0 Å². The van der Waals surface area contributed by atoms with Crippen molar-refractivity contribution in [3.8, 4) is 0 Å². The number of piperidine rings is 1. The monoisotopic (exact) mass is 286 g/mol. The Labute approximate surface area is 107 Å². The van der Waals surface area contributed by atoms with E-state index in [0.717, 1.165) is 6.04 Å². The Balaban J connectivity index is 1.54. The van der Waals surface area contributed by atoms with Crippen molar-refractivity contribution in [3.63, 3.8) is 0 Å². The summed E-state index contributed by atoms with van der Waals surface area (Å²) in [6.07, 6.45) is 7.23. The van der Waals surface area contributed by atoms with E-state index in [-0.39, 0.29) is 0 Å². The molecule has 3 rings (SSSR count). The fourth-order valence-electron chi connectivity index (χ4n) is 3.35. The van der Waals surface area contributed by atoms with Gasteiger partial charge in [0.1, 0.15) is 0 Å². The summed E-state index contributed by atoms with van der Waals surface area (Å²) in [7, 11) is 0. The van der Waals surface area contributed by atoms with E-state index >= 15 is 0 Å². The Bertz CT molecular complexity index is 252. The average Bonchev–Trinajstić information content (AvgIpc) is 3.09. The third kappa shape index (κ3) is 2.32. The van der Waals surface area contributed by atoms with Crippen LogP contribution in [0.3, 0.4) is 0 Å². The van der Waals surface area contributed by atoms with E-state index in [1.807, 2.05) is 0 Å². The number of halogens is 1. The first-order chi connectivity index (χ1) is 7.81. The Morgan fingerprint density at radius 3 is 2.75 bits per heavy atom. The average molecular weight is 287 g/mol. The van der Waals surface area contributed by atoms with Crippen molar-refractivity contribution in [2.24, 2.45) is 5.41 Å². The van der Waals surface area contributed by atoms with E-state index in [1.54, 1.807) is 0 Å². The van der Waals surface area contributed by atoms with Crippen molar-refractivity contribution in [3.05, 3.63) is 0 Å². The Morgan fingerprint density at radius 2 is 2.00 bits per heavy atom. The zero-order valence-electron chi connectivity index (χ0n) is 10.1. The van der Waals surface area contributed by atoms with Crippen molar-refractivity contribution in [1.29, 1.82) is 0 Å². The van der Waals surface area contributed by atoms with E-state index in [2.05, 4.69) is 25.7 Å². The summed E-state index contributed by atoms with van der Waals surface area (Å²) in [5.41, 5.74) is 0.664. The molecule has 1 aliphatic carbocycles. The first-order valence-corrected chi connectivity index (χ1v) is 7.96. The summed E-state index contributed by atoms with van der Waals surface area (Å²) in [5.74, 6) is 0. The van der Waals surface area contributed by atoms with Gasteiger partial charge in [-0.15, -0.1) is 0 Å². The van der Waals surface area contributed by atoms with Gasteiger partial charge in [0, 0.05) is 37.6 Å². The van der Waals surface area contributed by atoms with Gasteiger partial charge in [-0.1, -0.05) is 22.4 Å². The van der Waals surface area contributed by atoms with E-state index in [0.29, 0.717) is 5.41 Å². The minimum Gasteiger partial charge on any atom is -0.300 e. The number of hydrogen-bond donors (Lipinski definition) is 0. The van der Waals surface area contributed by atoms with Crippen LogP contribution < -0.4 is 0 Å². The van der Waals surface area contributed by atoms with Gasteiger partial charge < -0.3 is 0 Å². The van der Waals surface area contributed by atoms with Crippen molar-refractivity contribution in [1.82, 2.24) is 9.80 Å². The highest BCUT2D eigenvalue weighted by Gasteiger charge is 2.43. The second kappa shape index (κ2) is 4.58. The molecule has 16 heavy (non-hydrogen) atoms. The molecule has 3 heteroatoms. The van der Waals surface area contributed by atoms with Gasteiger partial charge >= 0.3 is 0 Å². The van der Waals surface area contributed by atoms with Gasteiger partial charge in [0.25, 0.3) is 0 Å². The summed E-state index contributed by atoms with van der Waals surface area (Å²) in [6, 6.07) is 0.883. The summed E-state index contributed by atoms with van der Waals surface area (Å²) >= 11 is 3.69. The molecule has 0 aromatic rings. The number of nitrogens with zero attached hydrogens (tertiary/aromatic N) is 2. The predicted molar refractivity (Wildman–Crippen MR) is 71.1 cm³/mol. The lowest BCUT2D eigenvalue weighted by molar-refractivity contribution is 0.0413. The maximum Gasteiger partial charge on any atom is 0.0223 e. The lowest BCUT2D eigenvalue weighted by Crippen LogP contribution is -2.55. The second-order valence-electron chi connectivity index (χ2n) is 6.05. The van der Waals surface area contributed by atoms with Crippen molar-refractivity contribution in [2.45, 2.75) is 38.1 Å². The van der Waals surface area contributed by atoms with Crippen LogP contribution in [-0.2, 0) is 0 Å². The van der Waals surface area contributed by atoms with Crippen molar-refractivity contribution >= 4 is 15.9 Å². The molecule has 0 radical (unpaired) electrons. The maximum absolute atomic E-state index is 3.69. The van der Waals surface area contributed by atoms with Crippen LogP contribution in [0.15, 0.2) is 0 Å². The van der Waals surface area contributed by atoms with Gasteiger partial charge in [-0.2, -0.15) is 0 Å². The zero-order chi connectivity index (χ0) is 11.0. The topological polar surface area (TPSA) is 6.48 Å². The maximum atomic E-state index is 3.69. The first-order valence-electron chi connectivity index (χ1n) is 6.84. The van der Waals surface area contributed by atoms with Crippen molar-refractivity contribution in [2.75, 3.05) is 38.1 Å². The van der Waals surface area contributed by atoms with Gasteiger partial charge in [-0.25, -0.2) is 0 Å². The molecule has 0 N–H and O–H groups in total. The molecule has 2 nitrogen and oxygen atoms in total. The molecular weight excluding hydrogens is 264 g/mol. The number of piperazine rings is 1. The third-order valence-electron chi connectivity index (χ3n) is 4.72. The van der Waals surface area contributed by atoms with Crippen LogP contribution in [0.25, 0.3) is 0 Å². The van der Waals surface area contributed by atoms with Gasteiger partial charge in [0.15, 0.2) is 0 Å². The molecule has 1 saturated carbocycles. The normalized spacial score (nSPS) is 34.7. The van der Waals surface area contributed by atoms with Gasteiger partial charge in [-0.3, -0.25) is 9.80 Å². The SMILES string of the molecule is BrCC1(CN2CCN3CCCCC3C2)CC1.